The third kappa shape index (κ3) is 4.58. The van der Waals surface area contributed by atoms with E-state index in [9.17, 15) is 5.26 Å². The van der Waals surface area contributed by atoms with Crippen molar-refractivity contribution in [2.24, 2.45) is 10.7 Å². The average molecular weight is 341 g/mol. The van der Waals surface area contributed by atoms with Gasteiger partial charge in [0, 0.05) is 25.2 Å². The fourth-order valence-corrected chi connectivity index (χ4v) is 2.54. The number of benzene rings is 2. The molecule has 0 amide bonds. The quantitative estimate of drug-likeness (QED) is 0.641. The first kappa shape index (κ1) is 18.0. The predicted octanol–water partition coefficient (Wildman–Crippen LogP) is 3.87. The van der Waals surface area contributed by atoms with Crippen molar-refractivity contribution < 1.29 is 0 Å². The molecule has 0 saturated heterocycles. The van der Waals surface area contributed by atoms with Gasteiger partial charge in [0.15, 0.2) is 0 Å². The van der Waals surface area contributed by atoms with Gasteiger partial charge < -0.3 is 10.6 Å². The number of nitrogens with zero attached hydrogens (tertiary/aromatic N) is 3. The van der Waals surface area contributed by atoms with Gasteiger partial charge in [-0.15, -0.1) is 0 Å². The van der Waals surface area contributed by atoms with E-state index in [2.05, 4.69) is 11.1 Å². The lowest BCUT2D eigenvalue weighted by atomic mass is 9.97. The first-order valence-corrected chi connectivity index (χ1v) is 8.20. The maximum absolute atomic E-state index is 9.49. The molecular weight excluding hydrogens is 320 g/mol. The van der Waals surface area contributed by atoms with E-state index in [-0.39, 0.29) is 0 Å². The normalized spacial score (nSPS) is 10.8. The Labute approximate surface area is 148 Å². The summed E-state index contributed by atoms with van der Waals surface area (Å²) in [5.41, 5.74) is 10.1. The minimum Gasteiger partial charge on any atom is -0.366 e. The number of aliphatic imine (C=N–C) groups is 1. The summed E-state index contributed by atoms with van der Waals surface area (Å²) in [6.45, 7) is 3.28. The Morgan fingerprint density at radius 3 is 2.71 bits per heavy atom. The minimum absolute atomic E-state index is 0.372. The molecule has 4 nitrogen and oxygen atoms in total. The fraction of sp³-hybridized carbons (Fsp3) is 0.263. The molecule has 0 aliphatic rings. The van der Waals surface area contributed by atoms with E-state index in [1.807, 2.05) is 55.3 Å². The zero-order valence-corrected chi connectivity index (χ0v) is 14.7. The Morgan fingerprint density at radius 2 is 2.08 bits per heavy atom. The third-order valence-electron chi connectivity index (χ3n) is 3.82. The summed E-state index contributed by atoms with van der Waals surface area (Å²) in [5.74, 6) is 0. The molecule has 0 saturated carbocycles. The van der Waals surface area contributed by atoms with Gasteiger partial charge in [-0.3, -0.25) is 0 Å². The van der Waals surface area contributed by atoms with Crippen LogP contribution in [0.25, 0.3) is 0 Å². The van der Waals surface area contributed by atoms with Gasteiger partial charge in [0.25, 0.3) is 0 Å². The second kappa shape index (κ2) is 8.49. The Kier molecular flexibility index (Phi) is 6.36. The number of nitriles is 1. The topological polar surface area (TPSA) is 65.4 Å². The smallest absolute Gasteiger partial charge is 0.0995 e. The number of halogens is 1. The van der Waals surface area contributed by atoms with Crippen molar-refractivity contribution in [3.8, 4) is 6.07 Å². The van der Waals surface area contributed by atoms with Crippen LogP contribution in [0.1, 0.15) is 29.2 Å². The number of hydrogen-bond acceptors (Lipinski definition) is 3. The molecule has 0 radical (unpaired) electrons. The van der Waals surface area contributed by atoms with E-state index in [4.69, 9.17) is 17.3 Å². The Hall–Kier alpha value is -2.35. The molecule has 0 aliphatic carbocycles. The summed E-state index contributed by atoms with van der Waals surface area (Å²) in [4.78, 5) is 6.43. The summed E-state index contributed by atoms with van der Waals surface area (Å²) in [5, 5.41) is 10.2. The Balaban J connectivity index is 2.39. The standard InChI is InChI=1S/C19H21ClN4/c1-3-24(2)13-23-19-10-16(11-21)15(9-17(19)12-22)7-14-5-4-6-18(20)8-14/h4-6,8-10,13H,3,7,12,22H2,1-2H3. The van der Waals surface area contributed by atoms with Crippen molar-refractivity contribution >= 4 is 23.6 Å². The SMILES string of the molecule is CCN(C)C=Nc1cc(C#N)c(Cc2cccc(Cl)c2)cc1CN. The highest BCUT2D eigenvalue weighted by molar-refractivity contribution is 6.30. The lowest BCUT2D eigenvalue weighted by Gasteiger charge is -2.12. The predicted molar refractivity (Wildman–Crippen MR) is 99.8 cm³/mol. The molecule has 2 rings (SSSR count). The zero-order chi connectivity index (χ0) is 17.5. The Bertz CT molecular complexity index is 777. The molecule has 124 valence electrons. The largest absolute Gasteiger partial charge is 0.366 e. The maximum atomic E-state index is 9.49. The molecule has 24 heavy (non-hydrogen) atoms. The monoisotopic (exact) mass is 340 g/mol. The Morgan fingerprint density at radius 1 is 1.29 bits per heavy atom. The molecule has 0 fully saturated rings. The number of rotatable bonds is 6. The van der Waals surface area contributed by atoms with Crippen LogP contribution in [0.3, 0.4) is 0 Å². The molecule has 0 atom stereocenters. The lowest BCUT2D eigenvalue weighted by molar-refractivity contribution is 0.552. The summed E-state index contributed by atoms with van der Waals surface area (Å²) in [7, 11) is 1.95. The van der Waals surface area contributed by atoms with Crippen LogP contribution >= 0.6 is 11.6 Å². The molecule has 0 aliphatic heterocycles. The van der Waals surface area contributed by atoms with Gasteiger partial charge in [-0.1, -0.05) is 29.8 Å². The van der Waals surface area contributed by atoms with Gasteiger partial charge in [-0.05, 0) is 48.2 Å². The van der Waals surface area contributed by atoms with Crippen LogP contribution in [0.5, 0.6) is 0 Å². The van der Waals surface area contributed by atoms with Crippen molar-refractivity contribution in [1.29, 1.82) is 5.26 Å². The molecule has 2 aromatic rings. The summed E-state index contributed by atoms with van der Waals surface area (Å²) in [6.07, 6.45) is 2.39. The highest BCUT2D eigenvalue weighted by Gasteiger charge is 2.10. The molecule has 2 N–H and O–H groups in total. The van der Waals surface area contributed by atoms with E-state index in [1.165, 1.54) is 0 Å². The second-order valence-electron chi connectivity index (χ2n) is 5.58. The van der Waals surface area contributed by atoms with Gasteiger partial charge in [-0.25, -0.2) is 4.99 Å². The van der Waals surface area contributed by atoms with Crippen molar-refractivity contribution in [3.05, 3.63) is 63.7 Å². The van der Waals surface area contributed by atoms with Crippen LogP contribution in [0.15, 0.2) is 41.4 Å². The van der Waals surface area contributed by atoms with Gasteiger partial charge in [0.1, 0.15) is 0 Å². The third-order valence-corrected chi connectivity index (χ3v) is 4.06. The van der Waals surface area contributed by atoms with E-state index >= 15 is 0 Å². The highest BCUT2D eigenvalue weighted by Crippen LogP contribution is 2.26. The molecule has 0 aromatic heterocycles. The molecule has 0 heterocycles. The van der Waals surface area contributed by atoms with Crippen LogP contribution in [0.4, 0.5) is 5.69 Å². The molecule has 0 unspecified atom stereocenters. The highest BCUT2D eigenvalue weighted by atomic mass is 35.5. The summed E-state index contributed by atoms with van der Waals surface area (Å²) in [6, 6.07) is 13.7. The lowest BCUT2D eigenvalue weighted by Crippen LogP contribution is -2.14. The van der Waals surface area contributed by atoms with Crippen molar-refractivity contribution in [2.75, 3.05) is 13.6 Å². The van der Waals surface area contributed by atoms with E-state index < -0.39 is 0 Å². The van der Waals surface area contributed by atoms with Crippen LogP contribution < -0.4 is 5.73 Å². The van der Waals surface area contributed by atoms with E-state index in [0.29, 0.717) is 23.6 Å². The first-order chi connectivity index (χ1) is 11.6. The van der Waals surface area contributed by atoms with Crippen molar-refractivity contribution in [2.45, 2.75) is 19.9 Å². The van der Waals surface area contributed by atoms with Crippen LogP contribution in [0, 0.1) is 11.3 Å². The molecule has 0 bridgehead atoms. The summed E-state index contributed by atoms with van der Waals surface area (Å²) < 4.78 is 0. The van der Waals surface area contributed by atoms with Gasteiger partial charge in [0.05, 0.1) is 23.7 Å². The van der Waals surface area contributed by atoms with E-state index in [1.54, 1.807) is 6.34 Å². The van der Waals surface area contributed by atoms with Crippen molar-refractivity contribution in [3.63, 3.8) is 0 Å². The van der Waals surface area contributed by atoms with Gasteiger partial charge in [-0.2, -0.15) is 5.26 Å². The van der Waals surface area contributed by atoms with Crippen LogP contribution in [0.2, 0.25) is 5.02 Å². The number of nitrogens with two attached hydrogens (primary N) is 1. The zero-order valence-electron chi connectivity index (χ0n) is 14.0. The van der Waals surface area contributed by atoms with Crippen LogP contribution in [-0.2, 0) is 13.0 Å². The van der Waals surface area contributed by atoms with Gasteiger partial charge in [0.2, 0.25) is 0 Å². The maximum Gasteiger partial charge on any atom is 0.0995 e. The van der Waals surface area contributed by atoms with Gasteiger partial charge >= 0.3 is 0 Å². The molecular formula is C19H21ClN4. The summed E-state index contributed by atoms with van der Waals surface area (Å²) >= 11 is 6.04. The molecule has 0 spiro atoms. The minimum atomic E-state index is 0.372. The van der Waals surface area contributed by atoms with Crippen LogP contribution in [-0.4, -0.2) is 24.8 Å². The fourth-order valence-electron chi connectivity index (χ4n) is 2.33. The first-order valence-electron chi connectivity index (χ1n) is 7.82. The van der Waals surface area contributed by atoms with Crippen molar-refractivity contribution in [1.82, 2.24) is 4.90 Å². The molecule has 2 aromatic carbocycles. The molecule has 5 heteroatoms. The number of hydrogen-bond donors (Lipinski definition) is 1. The average Bonchev–Trinajstić information content (AvgIpc) is 2.59. The second-order valence-corrected chi connectivity index (χ2v) is 6.01. The van der Waals surface area contributed by atoms with E-state index in [0.717, 1.165) is 28.9 Å².